The number of hydrogen-bond donors (Lipinski definition) is 0. The minimum atomic E-state index is -0.266. The first-order valence-electron chi connectivity index (χ1n) is 9.63. The molecule has 3 heterocycles. The molecule has 0 aliphatic heterocycles. The molecule has 0 aliphatic rings. The van der Waals surface area contributed by atoms with Gasteiger partial charge in [-0.25, -0.2) is 4.98 Å². The van der Waals surface area contributed by atoms with Gasteiger partial charge < -0.3 is 4.74 Å². The van der Waals surface area contributed by atoms with Crippen molar-refractivity contribution in [1.82, 2.24) is 29.4 Å². The summed E-state index contributed by atoms with van der Waals surface area (Å²) in [5.41, 5.74) is 3.49. The first-order chi connectivity index (χ1) is 15.2. The molecule has 0 bridgehead atoms. The Balaban J connectivity index is 1.52. The predicted octanol–water partition coefficient (Wildman–Crippen LogP) is 3.41. The van der Waals surface area contributed by atoms with Crippen molar-refractivity contribution in [3.63, 3.8) is 0 Å². The topological polar surface area (TPSA) is 87.2 Å². The summed E-state index contributed by atoms with van der Waals surface area (Å²) in [6.07, 6.45) is 3.82. The third-order valence-electron chi connectivity index (χ3n) is 5.15. The van der Waals surface area contributed by atoms with Crippen molar-refractivity contribution in [1.29, 1.82) is 0 Å². The van der Waals surface area contributed by atoms with E-state index in [-0.39, 0.29) is 11.1 Å². The highest BCUT2D eigenvalue weighted by Crippen LogP contribution is 2.25. The van der Waals surface area contributed by atoms with E-state index in [1.54, 1.807) is 25.4 Å². The van der Waals surface area contributed by atoms with Gasteiger partial charge in [0, 0.05) is 17.1 Å². The summed E-state index contributed by atoms with van der Waals surface area (Å²) in [6, 6.07) is 15.1. The van der Waals surface area contributed by atoms with Gasteiger partial charge in [0.15, 0.2) is 16.8 Å². The zero-order valence-corrected chi connectivity index (χ0v) is 17.3. The molecule has 0 atom stereocenters. The molecule has 2 aromatic carbocycles. The average molecular weight is 433 g/mol. The zero-order valence-electron chi connectivity index (χ0n) is 16.6. The van der Waals surface area contributed by atoms with E-state index >= 15 is 0 Å². The van der Waals surface area contributed by atoms with Crippen LogP contribution in [0.5, 0.6) is 5.75 Å². The average Bonchev–Trinajstić information content (AvgIpc) is 3.24. The lowest BCUT2D eigenvalue weighted by Gasteiger charge is -2.10. The van der Waals surface area contributed by atoms with Crippen molar-refractivity contribution in [3.05, 3.63) is 82.0 Å². The summed E-state index contributed by atoms with van der Waals surface area (Å²) in [5.74, 6) is 0.789. The fourth-order valence-corrected chi connectivity index (χ4v) is 3.67. The van der Waals surface area contributed by atoms with Crippen molar-refractivity contribution >= 4 is 28.4 Å². The number of para-hydroxylation sites is 1. The molecule has 31 heavy (non-hydrogen) atoms. The number of halogens is 1. The van der Waals surface area contributed by atoms with E-state index in [1.807, 2.05) is 36.4 Å². The highest BCUT2D eigenvalue weighted by Gasteiger charge is 2.15. The molecule has 0 saturated carbocycles. The van der Waals surface area contributed by atoms with Crippen molar-refractivity contribution < 1.29 is 4.74 Å². The van der Waals surface area contributed by atoms with E-state index in [1.165, 1.54) is 15.4 Å². The van der Waals surface area contributed by atoms with Crippen LogP contribution in [0, 0.1) is 0 Å². The SMILES string of the molecule is COc1ccccc1CCn1cnc2c(nnc3c(-c4ccc(Cl)cc4)cnn32)c1=O. The number of aromatic nitrogens is 6. The first-order valence-corrected chi connectivity index (χ1v) is 10.0. The van der Waals surface area contributed by atoms with Crippen LogP contribution in [0.4, 0.5) is 0 Å². The monoisotopic (exact) mass is 432 g/mol. The lowest BCUT2D eigenvalue weighted by Crippen LogP contribution is -2.24. The Morgan fingerprint density at radius 1 is 1.03 bits per heavy atom. The van der Waals surface area contributed by atoms with Crippen LogP contribution in [0.1, 0.15) is 5.56 Å². The molecule has 0 N–H and O–H groups in total. The van der Waals surface area contributed by atoms with Gasteiger partial charge in [-0.1, -0.05) is 41.9 Å². The maximum atomic E-state index is 13.0. The van der Waals surface area contributed by atoms with E-state index in [9.17, 15) is 4.79 Å². The van der Waals surface area contributed by atoms with E-state index in [4.69, 9.17) is 16.3 Å². The van der Waals surface area contributed by atoms with Crippen LogP contribution >= 0.6 is 11.6 Å². The van der Waals surface area contributed by atoms with Crippen molar-refractivity contribution in [2.75, 3.05) is 7.11 Å². The van der Waals surface area contributed by atoms with Crippen LogP contribution in [0.3, 0.4) is 0 Å². The van der Waals surface area contributed by atoms with Gasteiger partial charge in [-0.2, -0.15) is 9.61 Å². The van der Waals surface area contributed by atoms with Crippen LogP contribution in [-0.2, 0) is 13.0 Å². The Labute approximate surface area is 181 Å². The first kappa shape index (κ1) is 19.2. The van der Waals surface area contributed by atoms with Crippen LogP contribution in [-0.4, -0.2) is 36.5 Å². The largest absolute Gasteiger partial charge is 0.496 e. The van der Waals surface area contributed by atoms with Gasteiger partial charge in [-0.05, 0) is 35.7 Å². The molecule has 5 rings (SSSR count). The number of hydrogen-bond acceptors (Lipinski definition) is 6. The summed E-state index contributed by atoms with van der Waals surface area (Å²) < 4.78 is 8.45. The number of aryl methyl sites for hydroxylation is 2. The van der Waals surface area contributed by atoms with Gasteiger partial charge in [0.25, 0.3) is 5.56 Å². The minimum absolute atomic E-state index is 0.167. The standard InChI is InChI=1S/C22H17ClN6O2/c1-31-18-5-3-2-4-15(18)10-11-28-13-24-21-19(22(28)30)26-27-20-17(12-25-29(20)21)14-6-8-16(23)9-7-14/h2-9,12-13H,10-11H2,1H3. The van der Waals surface area contributed by atoms with E-state index < -0.39 is 0 Å². The smallest absolute Gasteiger partial charge is 0.283 e. The number of benzene rings is 2. The second-order valence-electron chi connectivity index (χ2n) is 6.98. The fourth-order valence-electron chi connectivity index (χ4n) is 3.55. The Bertz CT molecular complexity index is 1460. The zero-order chi connectivity index (χ0) is 21.4. The maximum Gasteiger partial charge on any atom is 0.283 e. The molecular weight excluding hydrogens is 416 g/mol. The molecule has 9 heteroatoms. The number of fused-ring (bicyclic) bond motifs is 3. The summed E-state index contributed by atoms with van der Waals surface area (Å²) in [7, 11) is 1.63. The number of ether oxygens (including phenoxy) is 1. The lowest BCUT2D eigenvalue weighted by molar-refractivity contribution is 0.408. The highest BCUT2D eigenvalue weighted by atomic mass is 35.5. The van der Waals surface area contributed by atoms with Crippen LogP contribution in [0.2, 0.25) is 5.02 Å². The van der Waals surface area contributed by atoms with E-state index in [0.29, 0.717) is 29.3 Å². The quantitative estimate of drug-likeness (QED) is 0.423. The molecule has 154 valence electrons. The summed E-state index contributed by atoms with van der Waals surface area (Å²) >= 11 is 5.98. The fraction of sp³-hybridized carbons (Fsp3) is 0.136. The summed E-state index contributed by atoms with van der Waals surface area (Å²) in [5, 5.41) is 13.5. The molecule has 3 aromatic heterocycles. The lowest BCUT2D eigenvalue weighted by atomic mass is 10.1. The van der Waals surface area contributed by atoms with Crippen molar-refractivity contribution in [3.8, 4) is 16.9 Å². The van der Waals surface area contributed by atoms with Gasteiger partial charge in [-0.3, -0.25) is 9.36 Å². The van der Waals surface area contributed by atoms with Gasteiger partial charge in [0.05, 0.1) is 13.3 Å². The Morgan fingerprint density at radius 3 is 2.65 bits per heavy atom. The molecule has 0 aliphatic carbocycles. The summed E-state index contributed by atoms with van der Waals surface area (Å²) in [6.45, 7) is 0.441. The highest BCUT2D eigenvalue weighted by molar-refractivity contribution is 6.30. The Morgan fingerprint density at radius 2 is 1.84 bits per heavy atom. The molecule has 0 spiro atoms. The van der Waals surface area contributed by atoms with E-state index in [2.05, 4.69) is 20.3 Å². The Kier molecular flexibility index (Phi) is 4.83. The molecule has 0 saturated heterocycles. The van der Waals surface area contributed by atoms with Gasteiger partial charge >= 0.3 is 0 Å². The van der Waals surface area contributed by atoms with Crippen molar-refractivity contribution in [2.24, 2.45) is 0 Å². The molecule has 0 unspecified atom stereocenters. The summed E-state index contributed by atoms with van der Waals surface area (Å²) in [4.78, 5) is 17.5. The third-order valence-corrected chi connectivity index (χ3v) is 5.41. The van der Waals surface area contributed by atoms with Crippen LogP contribution in [0.15, 0.2) is 65.8 Å². The third kappa shape index (κ3) is 3.40. The molecule has 0 amide bonds. The van der Waals surface area contributed by atoms with Gasteiger partial charge in [0.1, 0.15) is 12.1 Å². The van der Waals surface area contributed by atoms with E-state index in [0.717, 1.165) is 22.4 Å². The minimum Gasteiger partial charge on any atom is -0.496 e. The second kappa shape index (κ2) is 7.81. The van der Waals surface area contributed by atoms with Gasteiger partial charge in [-0.15, -0.1) is 10.2 Å². The predicted molar refractivity (Wildman–Crippen MR) is 117 cm³/mol. The number of rotatable bonds is 5. The molecule has 0 radical (unpaired) electrons. The Hall–Kier alpha value is -3.78. The molecular formula is C22H17ClN6O2. The number of nitrogens with zero attached hydrogens (tertiary/aromatic N) is 6. The van der Waals surface area contributed by atoms with Crippen LogP contribution in [0.25, 0.3) is 27.9 Å². The van der Waals surface area contributed by atoms with Crippen LogP contribution < -0.4 is 10.3 Å². The second-order valence-corrected chi connectivity index (χ2v) is 7.41. The maximum absolute atomic E-state index is 13.0. The molecule has 8 nitrogen and oxygen atoms in total. The molecule has 5 aromatic rings. The van der Waals surface area contributed by atoms with Crippen molar-refractivity contribution in [2.45, 2.75) is 13.0 Å². The number of methoxy groups -OCH3 is 1. The normalized spacial score (nSPS) is 11.3. The molecule has 0 fully saturated rings. The van der Waals surface area contributed by atoms with Gasteiger partial charge in [0.2, 0.25) is 0 Å².